The quantitative estimate of drug-likeness (QED) is 0.452. The second kappa shape index (κ2) is 27.1. The standard InChI is InChI=1S/C2N2.CH4S/c3-1-2-4;1-2/h;2H,1H3. The van der Waals surface area contributed by atoms with Gasteiger partial charge < -0.3 is 0 Å². The zero-order valence-electron chi connectivity index (χ0n) is 3.34. The van der Waals surface area contributed by atoms with E-state index in [0.29, 0.717) is 0 Å². The van der Waals surface area contributed by atoms with Crippen molar-refractivity contribution < 1.29 is 0 Å². The van der Waals surface area contributed by atoms with Gasteiger partial charge in [-0.1, -0.05) is 0 Å². The lowest BCUT2D eigenvalue weighted by Gasteiger charge is -1.16. The summed E-state index contributed by atoms with van der Waals surface area (Å²) < 4.78 is 0. The number of hydrogen-bond donors (Lipinski definition) is 1. The predicted molar refractivity (Wildman–Crippen MR) is 26.1 cm³/mol. The summed E-state index contributed by atoms with van der Waals surface area (Å²) in [7, 11) is 0. The van der Waals surface area contributed by atoms with Gasteiger partial charge in [0.25, 0.3) is 0 Å². The topological polar surface area (TPSA) is 47.6 Å². The molecule has 0 saturated heterocycles. The first-order chi connectivity index (χ1) is 2.91. The van der Waals surface area contributed by atoms with E-state index < -0.39 is 0 Å². The first-order valence-electron chi connectivity index (χ1n) is 1.14. The van der Waals surface area contributed by atoms with Gasteiger partial charge in [0.15, 0.2) is 12.1 Å². The summed E-state index contributed by atoms with van der Waals surface area (Å²) >= 11 is 3.53. The van der Waals surface area contributed by atoms with E-state index >= 15 is 0 Å². The van der Waals surface area contributed by atoms with Crippen molar-refractivity contribution in [3.63, 3.8) is 0 Å². The monoisotopic (exact) mass is 100 g/mol. The summed E-state index contributed by atoms with van der Waals surface area (Å²) in [6.45, 7) is 0. The molecule has 0 fully saturated rings. The summed E-state index contributed by atoms with van der Waals surface area (Å²) in [5.74, 6) is 0. The third-order valence-corrected chi connectivity index (χ3v) is 0.0500. The first kappa shape index (κ1) is 9.01. The van der Waals surface area contributed by atoms with Crippen LogP contribution in [0.5, 0.6) is 0 Å². The lowest BCUT2D eigenvalue weighted by atomic mass is 10.9. The number of rotatable bonds is 0. The number of thiol groups is 1. The lowest BCUT2D eigenvalue weighted by molar-refractivity contribution is 1.49. The van der Waals surface area contributed by atoms with Crippen LogP contribution in [0.25, 0.3) is 0 Å². The maximum atomic E-state index is 7.26. The molecule has 0 aromatic carbocycles. The fourth-order valence-corrected chi connectivity index (χ4v) is 0. The molecule has 0 atom stereocenters. The van der Waals surface area contributed by atoms with Gasteiger partial charge in [0.1, 0.15) is 0 Å². The minimum absolute atomic E-state index is 1.24. The molecule has 0 radical (unpaired) electrons. The molecule has 0 amide bonds. The molecule has 0 aliphatic heterocycles. The Hall–Kier alpha value is -0.670. The van der Waals surface area contributed by atoms with Crippen molar-refractivity contribution in [2.45, 2.75) is 0 Å². The van der Waals surface area contributed by atoms with Crippen molar-refractivity contribution in [2.24, 2.45) is 0 Å². The third-order valence-electron chi connectivity index (χ3n) is 0.0500. The van der Waals surface area contributed by atoms with Crippen LogP contribution < -0.4 is 0 Å². The molecule has 6 heavy (non-hydrogen) atoms. The molecular formula is C3H4N2S. The maximum absolute atomic E-state index is 7.26. The van der Waals surface area contributed by atoms with Crippen molar-refractivity contribution >= 4 is 12.6 Å². The van der Waals surface area contributed by atoms with E-state index in [1.165, 1.54) is 12.1 Å². The summed E-state index contributed by atoms with van der Waals surface area (Å²) in [4.78, 5) is 0. The number of nitriles is 2. The molecule has 3 heteroatoms. The van der Waals surface area contributed by atoms with E-state index in [2.05, 4.69) is 12.6 Å². The van der Waals surface area contributed by atoms with E-state index in [-0.39, 0.29) is 0 Å². The summed E-state index contributed by atoms with van der Waals surface area (Å²) in [6.07, 6.45) is 1.69. The SMILES string of the molecule is CS.N#CC#N. The Morgan fingerprint density at radius 2 is 1.33 bits per heavy atom. The van der Waals surface area contributed by atoms with Crippen LogP contribution in [0.4, 0.5) is 0 Å². The van der Waals surface area contributed by atoms with E-state index in [9.17, 15) is 0 Å². The van der Waals surface area contributed by atoms with Crippen LogP contribution in [0.15, 0.2) is 0 Å². The summed E-state index contributed by atoms with van der Waals surface area (Å²) in [5, 5.41) is 14.5. The van der Waals surface area contributed by atoms with Crippen molar-refractivity contribution in [3.8, 4) is 12.1 Å². The van der Waals surface area contributed by atoms with Crippen LogP contribution in [0.1, 0.15) is 0 Å². The van der Waals surface area contributed by atoms with E-state index in [1.54, 1.807) is 6.26 Å². The van der Waals surface area contributed by atoms with Crippen LogP contribution >= 0.6 is 12.6 Å². The van der Waals surface area contributed by atoms with Gasteiger partial charge in [-0.2, -0.15) is 23.2 Å². The minimum Gasteiger partial charge on any atom is -0.183 e. The molecule has 0 aromatic rings. The Kier molecular flexibility index (Phi) is 40.8. The highest BCUT2D eigenvalue weighted by atomic mass is 32.1. The second-order valence-corrected chi connectivity index (χ2v) is 0.224. The van der Waals surface area contributed by atoms with E-state index in [1.807, 2.05) is 0 Å². The molecule has 0 unspecified atom stereocenters. The second-order valence-electron chi connectivity index (χ2n) is 0.224. The average molecular weight is 100 g/mol. The van der Waals surface area contributed by atoms with Gasteiger partial charge in [-0.25, -0.2) is 0 Å². The van der Waals surface area contributed by atoms with Crippen LogP contribution in [0, 0.1) is 22.7 Å². The summed E-state index contributed by atoms with van der Waals surface area (Å²) in [6, 6.07) is 2.47. The molecule has 0 saturated carbocycles. The Labute approximate surface area is 42.4 Å². The third kappa shape index (κ3) is 166. The normalized spacial score (nSPS) is 2.67. The zero-order chi connectivity index (χ0) is 5.41. The van der Waals surface area contributed by atoms with Crippen LogP contribution in [0.3, 0.4) is 0 Å². The Balaban J connectivity index is 0. The van der Waals surface area contributed by atoms with Gasteiger partial charge in [-0.05, 0) is 6.26 Å². The highest BCUT2D eigenvalue weighted by molar-refractivity contribution is 7.79. The van der Waals surface area contributed by atoms with Crippen LogP contribution in [-0.4, -0.2) is 6.26 Å². The number of hydrogen-bond acceptors (Lipinski definition) is 3. The lowest BCUT2D eigenvalue weighted by Crippen LogP contribution is -1.26. The molecule has 0 spiro atoms. The maximum Gasteiger partial charge on any atom is 0.181 e. The van der Waals surface area contributed by atoms with Gasteiger partial charge in [0.2, 0.25) is 0 Å². The molecule has 32 valence electrons. The molecule has 0 N–H and O–H groups in total. The Bertz CT molecular complexity index is 63.8. The minimum atomic E-state index is 1.24. The van der Waals surface area contributed by atoms with Gasteiger partial charge in [0, 0.05) is 0 Å². The van der Waals surface area contributed by atoms with Crippen molar-refractivity contribution in [3.05, 3.63) is 0 Å². The molecule has 0 rings (SSSR count). The molecule has 0 aliphatic carbocycles. The highest BCUT2D eigenvalue weighted by Gasteiger charge is 1.39. The largest absolute Gasteiger partial charge is 0.183 e. The molecule has 0 aliphatic rings. The molecule has 0 heterocycles. The van der Waals surface area contributed by atoms with Crippen molar-refractivity contribution in [2.75, 3.05) is 6.26 Å². The molecule has 0 bridgehead atoms. The van der Waals surface area contributed by atoms with Gasteiger partial charge >= 0.3 is 0 Å². The van der Waals surface area contributed by atoms with Gasteiger partial charge in [-0.15, -0.1) is 0 Å². The Morgan fingerprint density at radius 3 is 1.33 bits per heavy atom. The fraction of sp³-hybridized carbons (Fsp3) is 0.333. The molecule has 0 aromatic heterocycles. The fourth-order valence-electron chi connectivity index (χ4n) is 0. The molecule has 2 nitrogen and oxygen atoms in total. The van der Waals surface area contributed by atoms with E-state index in [0.717, 1.165) is 0 Å². The Morgan fingerprint density at radius 1 is 1.17 bits per heavy atom. The first-order valence-corrected chi connectivity index (χ1v) is 2.04. The van der Waals surface area contributed by atoms with Gasteiger partial charge in [-0.3, -0.25) is 0 Å². The summed E-state index contributed by atoms with van der Waals surface area (Å²) in [5.41, 5.74) is 0. The predicted octanol–water partition coefficient (Wildman–Crippen LogP) is 0.580. The number of nitrogens with zero attached hydrogens (tertiary/aromatic N) is 2. The zero-order valence-corrected chi connectivity index (χ0v) is 4.24. The average Bonchev–Trinajstić information content (AvgIpc) is 1.72. The van der Waals surface area contributed by atoms with Crippen molar-refractivity contribution in [1.29, 1.82) is 10.5 Å². The van der Waals surface area contributed by atoms with Gasteiger partial charge in [0.05, 0.1) is 0 Å². The van der Waals surface area contributed by atoms with E-state index in [4.69, 9.17) is 10.5 Å². The van der Waals surface area contributed by atoms with Crippen molar-refractivity contribution in [1.82, 2.24) is 0 Å². The molecular weight excluding hydrogens is 96.1 g/mol. The highest BCUT2D eigenvalue weighted by Crippen LogP contribution is 1.31. The van der Waals surface area contributed by atoms with Crippen LogP contribution in [-0.2, 0) is 0 Å². The van der Waals surface area contributed by atoms with Crippen LogP contribution in [0.2, 0.25) is 0 Å². The smallest absolute Gasteiger partial charge is 0.181 e.